The van der Waals surface area contributed by atoms with Crippen LogP contribution in [0.5, 0.6) is 0 Å². The highest BCUT2D eigenvalue weighted by Gasteiger charge is 2.14. The molecule has 100 valence electrons. The number of hydrogen-bond donors (Lipinski definition) is 3. The zero-order valence-electron chi connectivity index (χ0n) is 9.50. The van der Waals surface area contributed by atoms with Crippen molar-refractivity contribution in [2.45, 2.75) is 6.43 Å². The van der Waals surface area contributed by atoms with E-state index >= 15 is 0 Å². The largest absolute Gasteiger partial charge is 0.409 e. The van der Waals surface area contributed by atoms with Crippen LogP contribution in [0.15, 0.2) is 23.5 Å². The molecule has 0 atom stereocenters. The molecule has 0 radical (unpaired) electrons. The summed E-state index contributed by atoms with van der Waals surface area (Å²) in [5.74, 6) is 0.0908. The number of amidine groups is 1. The molecule has 1 heterocycles. The number of pyridine rings is 1. The second-order valence-electron chi connectivity index (χ2n) is 3.45. The van der Waals surface area contributed by atoms with Gasteiger partial charge in [-0.1, -0.05) is 5.16 Å². The molecule has 0 unspecified atom stereocenters. The fraction of sp³-hybridized carbons (Fsp3) is 0.400. The minimum atomic E-state index is -2.55. The van der Waals surface area contributed by atoms with Gasteiger partial charge >= 0.3 is 0 Å². The molecule has 18 heavy (non-hydrogen) atoms. The van der Waals surface area contributed by atoms with Crippen molar-refractivity contribution in [3.8, 4) is 0 Å². The first-order valence-electron chi connectivity index (χ1n) is 5.16. The van der Waals surface area contributed by atoms with Gasteiger partial charge in [0.15, 0.2) is 5.84 Å². The molecule has 1 aromatic rings. The van der Waals surface area contributed by atoms with Crippen LogP contribution in [0.3, 0.4) is 0 Å². The van der Waals surface area contributed by atoms with Crippen LogP contribution in [0.2, 0.25) is 0 Å². The highest BCUT2D eigenvalue weighted by atomic mass is 19.3. The first-order chi connectivity index (χ1) is 8.58. The molecule has 0 fully saturated rings. The number of alkyl halides is 2. The van der Waals surface area contributed by atoms with Gasteiger partial charge in [-0.2, -0.15) is 0 Å². The molecule has 0 saturated heterocycles. The highest BCUT2D eigenvalue weighted by Crippen LogP contribution is 2.14. The molecule has 4 N–H and O–H groups in total. The Balaban J connectivity index is 2.97. The van der Waals surface area contributed by atoms with Crippen LogP contribution in [0.25, 0.3) is 0 Å². The van der Waals surface area contributed by atoms with E-state index in [4.69, 9.17) is 16.0 Å². The fourth-order valence-corrected chi connectivity index (χ4v) is 1.40. The van der Waals surface area contributed by atoms with Crippen molar-refractivity contribution in [1.29, 1.82) is 0 Å². The van der Waals surface area contributed by atoms with E-state index in [0.29, 0.717) is 5.56 Å². The summed E-state index contributed by atoms with van der Waals surface area (Å²) in [5, 5.41) is 20.2. The van der Waals surface area contributed by atoms with Crippen LogP contribution in [-0.4, -0.2) is 47.3 Å². The first kappa shape index (κ1) is 14.1. The monoisotopic (exact) mass is 260 g/mol. The van der Waals surface area contributed by atoms with Gasteiger partial charge in [0.05, 0.1) is 13.2 Å². The van der Waals surface area contributed by atoms with E-state index in [-0.39, 0.29) is 24.8 Å². The number of rotatable bonds is 6. The van der Waals surface area contributed by atoms with Crippen molar-refractivity contribution in [3.05, 3.63) is 23.9 Å². The van der Waals surface area contributed by atoms with Gasteiger partial charge in [0.2, 0.25) is 0 Å². The van der Waals surface area contributed by atoms with Gasteiger partial charge in [-0.15, -0.1) is 0 Å². The molecule has 6 nitrogen and oxygen atoms in total. The zero-order chi connectivity index (χ0) is 13.5. The number of anilines is 1. The van der Waals surface area contributed by atoms with E-state index in [9.17, 15) is 8.78 Å². The lowest BCUT2D eigenvalue weighted by molar-refractivity contribution is 0.152. The number of aliphatic hydroxyl groups is 1. The molecule has 0 aliphatic rings. The summed E-state index contributed by atoms with van der Waals surface area (Å²) >= 11 is 0. The molecule has 0 bridgehead atoms. The Morgan fingerprint density at radius 3 is 2.83 bits per heavy atom. The van der Waals surface area contributed by atoms with Gasteiger partial charge in [0.25, 0.3) is 6.43 Å². The van der Waals surface area contributed by atoms with Crippen LogP contribution >= 0.6 is 0 Å². The lowest BCUT2D eigenvalue weighted by Crippen LogP contribution is -2.32. The molecule has 0 amide bonds. The quantitative estimate of drug-likeness (QED) is 0.295. The van der Waals surface area contributed by atoms with Crippen molar-refractivity contribution in [2.75, 3.05) is 24.6 Å². The van der Waals surface area contributed by atoms with E-state index in [2.05, 4.69) is 10.1 Å². The Morgan fingerprint density at radius 2 is 2.28 bits per heavy atom. The molecule has 8 heteroatoms. The minimum absolute atomic E-state index is 0.0248. The first-order valence-corrected chi connectivity index (χ1v) is 5.16. The van der Waals surface area contributed by atoms with E-state index in [1.807, 2.05) is 0 Å². The summed E-state index contributed by atoms with van der Waals surface area (Å²) in [6, 6.07) is 2.89. The third kappa shape index (κ3) is 3.81. The Hall–Kier alpha value is -1.96. The zero-order valence-corrected chi connectivity index (χ0v) is 9.50. The molecule has 1 rings (SSSR count). The van der Waals surface area contributed by atoms with Crippen molar-refractivity contribution >= 4 is 11.7 Å². The van der Waals surface area contributed by atoms with E-state index in [1.165, 1.54) is 23.2 Å². The molecule has 0 aliphatic heterocycles. The SMILES string of the molecule is N/C(=N/O)c1ccnc(N(CCO)CC(F)F)c1. The number of nitrogens with zero attached hydrogens (tertiary/aromatic N) is 3. The maximum Gasteiger partial charge on any atom is 0.255 e. The topological polar surface area (TPSA) is 95.0 Å². The summed E-state index contributed by atoms with van der Waals surface area (Å²) in [4.78, 5) is 5.14. The van der Waals surface area contributed by atoms with Crippen LogP contribution < -0.4 is 10.6 Å². The second kappa shape index (κ2) is 6.70. The van der Waals surface area contributed by atoms with E-state index in [1.54, 1.807) is 0 Å². The summed E-state index contributed by atoms with van der Waals surface area (Å²) < 4.78 is 24.8. The molecule has 1 aromatic heterocycles. The van der Waals surface area contributed by atoms with Crippen LogP contribution in [-0.2, 0) is 0 Å². The van der Waals surface area contributed by atoms with Gasteiger partial charge in [-0.25, -0.2) is 13.8 Å². The predicted octanol–water partition coefficient (Wildman–Crippen LogP) is 0.240. The number of aliphatic hydroxyl groups excluding tert-OH is 1. The van der Waals surface area contributed by atoms with E-state index in [0.717, 1.165) is 0 Å². The third-order valence-corrected chi connectivity index (χ3v) is 2.20. The molecule has 0 aromatic carbocycles. The molecular weight excluding hydrogens is 246 g/mol. The normalized spacial score (nSPS) is 11.9. The van der Waals surface area contributed by atoms with Crippen LogP contribution in [0.1, 0.15) is 5.56 Å². The number of hydrogen-bond acceptors (Lipinski definition) is 5. The standard InChI is InChI=1S/C10H14F2N4O2/c11-8(12)6-16(3-4-17)9-5-7(1-2-14-9)10(13)15-18/h1-2,5,8,17-18H,3-4,6H2,(H2,13,15). The maximum atomic E-state index is 12.4. The lowest BCUT2D eigenvalue weighted by Gasteiger charge is -2.22. The minimum Gasteiger partial charge on any atom is -0.409 e. The van der Waals surface area contributed by atoms with Crippen LogP contribution in [0, 0.1) is 0 Å². The van der Waals surface area contributed by atoms with Crippen molar-refractivity contribution in [2.24, 2.45) is 10.9 Å². The predicted molar refractivity (Wildman–Crippen MR) is 62.1 cm³/mol. The Bertz CT molecular complexity index is 415. The second-order valence-corrected chi connectivity index (χ2v) is 3.45. The highest BCUT2D eigenvalue weighted by molar-refractivity contribution is 5.97. The van der Waals surface area contributed by atoms with Crippen molar-refractivity contribution < 1.29 is 19.1 Å². The van der Waals surface area contributed by atoms with Gasteiger partial charge in [0, 0.05) is 18.3 Å². The molecule has 0 spiro atoms. The number of nitrogens with two attached hydrogens (primary N) is 1. The average Bonchev–Trinajstić information content (AvgIpc) is 2.37. The summed E-state index contributed by atoms with van der Waals surface area (Å²) in [7, 11) is 0. The number of oxime groups is 1. The van der Waals surface area contributed by atoms with E-state index < -0.39 is 13.0 Å². The van der Waals surface area contributed by atoms with Gasteiger partial charge in [0.1, 0.15) is 5.82 Å². The smallest absolute Gasteiger partial charge is 0.255 e. The van der Waals surface area contributed by atoms with Gasteiger partial charge < -0.3 is 20.9 Å². The molecule has 0 saturated carbocycles. The lowest BCUT2D eigenvalue weighted by atomic mass is 10.2. The van der Waals surface area contributed by atoms with Gasteiger partial charge in [-0.05, 0) is 12.1 Å². The summed E-state index contributed by atoms with van der Waals surface area (Å²) in [6.07, 6.45) is -1.19. The molecule has 0 aliphatic carbocycles. The number of halogens is 2. The fourth-order valence-electron chi connectivity index (χ4n) is 1.40. The summed E-state index contributed by atoms with van der Waals surface area (Å²) in [5.41, 5.74) is 5.76. The Kier molecular flexibility index (Phi) is 5.25. The van der Waals surface area contributed by atoms with Crippen LogP contribution in [0.4, 0.5) is 14.6 Å². The Labute approximate surface area is 102 Å². The van der Waals surface area contributed by atoms with Gasteiger partial charge in [-0.3, -0.25) is 0 Å². The third-order valence-electron chi connectivity index (χ3n) is 2.20. The average molecular weight is 260 g/mol. The van der Waals surface area contributed by atoms with Crippen molar-refractivity contribution in [3.63, 3.8) is 0 Å². The Morgan fingerprint density at radius 1 is 1.56 bits per heavy atom. The van der Waals surface area contributed by atoms with Crippen molar-refractivity contribution in [1.82, 2.24) is 4.98 Å². The molecular formula is C10H14F2N4O2. The summed E-state index contributed by atoms with van der Waals surface area (Å²) in [6.45, 7) is -0.799. The number of aromatic nitrogens is 1. The maximum absolute atomic E-state index is 12.4.